The number of hydrogen-bond acceptors (Lipinski definition) is 3. The molecule has 0 unspecified atom stereocenters. The highest BCUT2D eigenvalue weighted by Gasteiger charge is 2.33. The van der Waals surface area contributed by atoms with Crippen LogP contribution in [0.4, 0.5) is 35.1 Å². The summed E-state index contributed by atoms with van der Waals surface area (Å²) >= 11 is 0. The topological polar surface area (TPSA) is 43.1 Å². The molecule has 184 valence electrons. The fourth-order valence-corrected chi connectivity index (χ4v) is 3.90. The third kappa shape index (κ3) is 3.91. The van der Waals surface area contributed by atoms with E-state index in [0.29, 0.717) is 36.4 Å². The van der Waals surface area contributed by atoms with Gasteiger partial charge in [-0.2, -0.15) is 26.3 Å². The highest BCUT2D eigenvalue weighted by Crippen LogP contribution is 2.37. The first-order valence-electron chi connectivity index (χ1n) is 10.2. The third-order valence-corrected chi connectivity index (χ3v) is 5.63. The van der Waals surface area contributed by atoms with Crippen molar-refractivity contribution in [2.45, 2.75) is 19.3 Å². The van der Waals surface area contributed by atoms with Crippen molar-refractivity contribution < 1.29 is 35.1 Å². The Balaban J connectivity index is 1.80. The summed E-state index contributed by atoms with van der Waals surface area (Å²) in [5, 5.41) is 8.02. The van der Waals surface area contributed by atoms with Crippen LogP contribution in [-0.2, 0) is 12.4 Å². The molecule has 2 aromatic heterocycles. The van der Waals surface area contributed by atoms with Crippen LogP contribution in [0.2, 0.25) is 0 Å². The van der Waals surface area contributed by atoms with E-state index < -0.39 is 40.7 Å². The number of nitrogens with zero attached hydrogens (tertiary/aromatic N) is 4. The average molecular weight is 508 g/mol. The normalized spacial score (nSPS) is 12.6. The van der Waals surface area contributed by atoms with Crippen molar-refractivity contribution in [1.29, 1.82) is 0 Å². The van der Waals surface area contributed by atoms with Crippen molar-refractivity contribution >= 4 is 16.7 Å². The van der Waals surface area contributed by atoms with Gasteiger partial charge in [-0.25, -0.2) is 13.8 Å². The number of fused-ring (bicyclic) bond motifs is 3. The lowest BCUT2D eigenvalue weighted by atomic mass is 10.0. The molecule has 3 aromatic carbocycles. The summed E-state index contributed by atoms with van der Waals surface area (Å²) in [7, 11) is 0. The fraction of sp³-hybridized carbons (Fsp3) is 0.125. The monoisotopic (exact) mass is 508 g/mol. The molecule has 0 aliphatic heterocycles. The zero-order valence-corrected chi connectivity index (χ0v) is 18.0. The first kappa shape index (κ1) is 23.6. The van der Waals surface area contributed by atoms with E-state index in [9.17, 15) is 35.1 Å². The van der Waals surface area contributed by atoms with Gasteiger partial charge in [0.2, 0.25) is 0 Å². The molecule has 0 fully saturated rings. The van der Waals surface area contributed by atoms with Gasteiger partial charge in [0, 0.05) is 5.56 Å². The summed E-state index contributed by atoms with van der Waals surface area (Å²) in [6.45, 7) is 1.49. The van der Waals surface area contributed by atoms with Gasteiger partial charge in [0.25, 0.3) is 0 Å². The Kier molecular flexibility index (Phi) is 5.23. The van der Waals surface area contributed by atoms with Crippen molar-refractivity contribution in [3.8, 4) is 22.5 Å². The van der Waals surface area contributed by atoms with Crippen LogP contribution < -0.4 is 0 Å². The van der Waals surface area contributed by atoms with E-state index in [2.05, 4.69) is 15.2 Å². The Morgan fingerprint density at radius 1 is 0.694 bits per heavy atom. The highest BCUT2D eigenvalue weighted by atomic mass is 19.4. The molecule has 5 aromatic rings. The smallest absolute Gasteiger partial charge is 0.273 e. The molecule has 0 bridgehead atoms. The lowest BCUT2D eigenvalue weighted by Crippen LogP contribution is -2.06. The molecule has 36 heavy (non-hydrogen) atoms. The number of imidazole rings is 1. The quantitative estimate of drug-likeness (QED) is 0.236. The van der Waals surface area contributed by atoms with Crippen LogP contribution in [0.25, 0.3) is 39.2 Å². The average Bonchev–Trinajstić information content (AvgIpc) is 3.14. The van der Waals surface area contributed by atoms with Crippen molar-refractivity contribution in [3.63, 3.8) is 0 Å². The van der Waals surface area contributed by atoms with E-state index in [1.54, 1.807) is 0 Å². The van der Waals surface area contributed by atoms with Gasteiger partial charge in [-0.3, -0.25) is 4.40 Å². The molecule has 0 saturated heterocycles. The standard InChI is InChI=1S/C24H12F8N4/c1-11-21-35-34-19-7-2-12(15-9-13(23(27,28)29)3-5-17(15)25)8-20(19)36(21)22(33-11)16-10-14(24(30,31)32)4-6-18(16)26/h2-10H,1H3. The van der Waals surface area contributed by atoms with Crippen molar-refractivity contribution in [2.75, 3.05) is 0 Å². The lowest BCUT2D eigenvalue weighted by molar-refractivity contribution is -0.138. The van der Waals surface area contributed by atoms with Crippen molar-refractivity contribution in [1.82, 2.24) is 19.6 Å². The summed E-state index contributed by atoms with van der Waals surface area (Å²) in [6.07, 6.45) is -9.46. The lowest BCUT2D eigenvalue weighted by Gasteiger charge is -2.12. The Hall–Kier alpha value is -4.09. The summed E-state index contributed by atoms with van der Waals surface area (Å²) in [6, 6.07) is 7.79. The fourth-order valence-electron chi connectivity index (χ4n) is 3.90. The van der Waals surface area contributed by atoms with E-state index in [1.807, 2.05) is 0 Å². The highest BCUT2D eigenvalue weighted by molar-refractivity contribution is 5.85. The zero-order valence-electron chi connectivity index (χ0n) is 18.0. The Morgan fingerprint density at radius 3 is 1.89 bits per heavy atom. The van der Waals surface area contributed by atoms with E-state index in [4.69, 9.17) is 0 Å². The number of aromatic nitrogens is 4. The molecule has 5 rings (SSSR count). The minimum absolute atomic E-state index is 0.0298. The first-order valence-corrected chi connectivity index (χ1v) is 10.2. The molecular weight excluding hydrogens is 496 g/mol. The van der Waals surface area contributed by atoms with Gasteiger partial charge in [-0.05, 0) is 61.0 Å². The second-order valence-corrected chi connectivity index (χ2v) is 7.97. The van der Waals surface area contributed by atoms with Gasteiger partial charge in [0.1, 0.15) is 23.0 Å². The minimum atomic E-state index is -4.75. The molecule has 4 nitrogen and oxygen atoms in total. The van der Waals surface area contributed by atoms with Crippen molar-refractivity contribution in [2.24, 2.45) is 0 Å². The van der Waals surface area contributed by atoms with E-state index in [-0.39, 0.29) is 39.3 Å². The predicted octanol–water partition coefficient (Wildman–Crippen LogP) is 7.24. The second-order valence-electron chi connectivity index (χ2n) is 7.97. The molecule has 0 saturated carbocycles. The van der Waals surface area contributed by atoms with Gasteiger partial charge in [0.15, 0.2) is 5.65 Å². The van der Waals surface area contributed by atoms with E-state index in [1.165, 1.54) is 29.5 Å². The van der Waals surface area contributed by atoms with Gasteiger partial charge in [-0.1, -0.05) is 6.07 Å². The first-order chi connectivity index (χ1) is 16.8. The molecule has 2 heterocycles. The maximum Gasteiger partial charge on any atom is 0.416 e. The van der Waals surface area contributed by atoms with Crippen LogP contribution in [-0.4, -0.2) is 19.6 Å². The number of benzene rings is 3. The molecule has 0 aliphatic carbocycles. The van der Waals surface area contributed by atoms with E-state index in [0.717, 1.165) is 0 Å². The van der Waals surface area contributed by atoms with Crippen LogP contribution in [0.3, 0.4) is 0 Å². The second kappa shape index (κ2) is 7.97. The summed E-state index contributed by atoms with van der Waals surface area (Å²) < 4.78 is 110. The summed E-state index contributed by atoms with van der Waals surface area (Å²) in [5.74, 6) is -2.14. The molecule has 12 heteroatoms. The molecule has 0 radical (unpaired) electrons. The van der Waals surface area contributed by atoms with Crippen molar-refractivity contribution in [3.05, 3.63) is 83.1 Å². The molecule has 0 N–H and O–H groups in total. The minimum Gasteiger partial charge on any atom is -0.273 e. The van der Waals surface area contributed by atoms with Crippen LogP contribution >= 0.6 is 0 Å². The molecule has 0 spiro atoms. The van der Waals surface area contributed by atoms with E-state index >= 15 is 0 Å². The molecule has 0 amide bonds. The maximum atomic E-state index is 14.7. The Bertz CT molecular complexity index is 1650. The predicted molar refractivity (Wildman–Crippen MR) is 114 cm³/mol. The SMILES string of the molecule is Cc1nc(-c2cc(C(F)(F)F)ccc2F)n2c1nnc1ccc(-c3cc(C(F)(F)F)ccc3F)cc12. The summed E-state index contributed by atoms with van der Waals surface area (Å²) in [4.78, 5) is 4.19. The molecular formula is C24H12F8N4. The number of alkyl halides is 6. The number of halogens is 8. The Morgan fingerprint density at radius 2 is 1.28 bits per heavy atom. The largest absolute Gasteiger partial charge is 0.416 e. The zero-order chi connectivity index (χ0) is 26.0. The number of rotatable bonds is 2. The van der Waals surface area contributed by atoms with Crippen LogP contribution in [0.1, 0.15) is 16.8 Å². The Labute approximate surface area is 196 Å². The number of hydrogen-bond donors (Lipinski definition) is 0. The molecule has 0 atom stereocenters. The van der Waals surface area contributed by atoms with Crippen LogP contribution in [0.15, 0.2) is 54.6 Å². The van der Waals surface area contributed by atoms with Gasteiger partial charge in [0.05, 0.1) is 27.9 Å². The molecule has 0 aliphatic rings. The maximum absolute atomic E-state index is 14.7. The van der Waals surface area contributed by atoms with Crippen LogP contribution in [0, 0.1) is 18.6 Å². The number of aryl methyl sites for hydroxylation is 1. The van der Waals surface area contributed by atoms with Gasteiger partial charge in [-0.15, -0.1) is 10.2 Å². The van der Waals surface area contributed by atoms with Gasteiger partial charge < -0.3 is 0 Å². The van der Waals surface area contributed by atoms with Crippen LogP contribution in [0.5, 0.6) is 0 Å². The van der Waals surface area contributed by atoms with Gasteiger partial charge >= 0.3 is 12.4 Å². The summed E-state index contributed by atoms with van der Waals surface area (Å²) in [5.41, 5.74) is -2.39. The third-order valence-electron chi connectivity index (χ3n) is 5.63.